The zero-order chi connectivity index (χ0) is 18.2. The second-order valence-corrected chi connectivity index (χ2v) is 5.91. The number of rotatable bonds is 7. The topological polar surface area (TPSA) is 76.4 Å². The molecule has 0 unspecified atom stereocenters. The summed E-state index contributed by atoms with van der Waals surface area (Å²) in [4.78, 5) is 8.57. The van der Waals surface area contributed by atoms with E-state index in [0.717, 1.165) is 29.3 Å². The van der Waals surface area contributed by atoms with Crippen LogP contribution in [0.15, 0.2) is 23.3 Å². The van der Waals surface area contributed by atoms with E-state index >= 15 is 0 Å². The van der Waals surface area contributed by atoms with Crippen LogP contribution < -0.4 is 15.4 Å². The quantitative estimate of drug-likeness (QED) is 0.594. The molecule has 2 aromatic rings. The monoisotopic (exact) mass is 344 g/mol. The molecule has 0 radical (unpaired) electrons. The van der Waals surface area contributed by atoms with E-state index in [4.69, 9.17) is 4.74 Å². The summed E-state index contributed by atoms with van der Waals surface area (Å²) in [6.45, 7) is 8.19. The minimum Gasteiger partial charge on any atom is -0.478 e. The Morgan fingerprint density at radius 2 is 2.00 bits per heavy atom. The number of aryl methyl sites for hydroxylation is 2. The molecule has 0 aliphatic rings. The van der Waals surface area contributed by atoms with Crippen LogP contribution in [0.3, 0.4) is 0 Å². The van der Waals surface area contributed by atoms with Crippen LogP contribution in [0.4, 0.5) is 0 Å². The molecule has 25 heavy (non-hydrogen) atoms. The van der Waals surface area contributed by atoms with Gasteiger partial charge in [-0.15, -0.1) is 0 Å². The van der Waals surface area contributed by atoms with E-state index < -0.39 is 0 Å². The number of guanidine groups is 1. The fourth-order valence-corrected chi connectivity index (χ4v) is 2.46. The minimum atomic E-state index is 0.645. The molecule has 0 aliphatic heterocycles. The van der Waals surface area contributed by atoms with Gasteiger partial charge >= 0.3 is 0 Å². The fraction of sp³-hybridized carbons (Fsp3) is 0.500. The molecule has 136 valence electrons. The van der Waals surface area contributed by atoms with Gasteiger partial charge in [0, 0.05) is 50.7 Å². The molecule has 0 fully saturated rings. The Morgan fingerprint density at radius 3 is 2.56 bits per heavy atom. The lowest BCUT2D eigenvalue weighted by Crippen LogP contribution is -2.36. The first kappa shape index (κ1) is 18.8. The predicted molar refractivity (Wildman–Crippen MR) is 99.7 cm³/mol. The molecule has 7 heteroatoms. The highest BCUT2D eigenvalue weighted by atomic mass is 16.5. The van der Waals surface area contributed by atoms with E-state index in [1.165, 1.54) is 5.56 Å². The maximum Gasteiger partial charge on any atom is 0.213 e. The third-order valence-electron chi connectivity index (χ3n) is 4.03. The van der Waals surface area contributed by atoms with Crippen molar-refractivity contribution < 1.29 is 4.74 Å². The highest BCUT2D eigenvalue weighted by molar-refractivity contribution is 5.79. The summed E-state index contributed by atoms with van der Waals surface area (Å²) in [7, 11) is 3.72. The van der Waals surface area contributed by atoms with Gasteiger partial charge in [-0.2, -0.15) is 5.10 Å². The average molecular weight is 344 g/mol. The maximum absolute atomic E-state index is 5.49. The van der Waals surface area contributed by atoms with E-state index in [1.807, 2.05) is 37.0 Å². The van der Waals surface area contributed by atoms with Gasteiger partial charge in [-0.25, -0.2) is 4.98 Å². The van der Waals surface area contributed by atoms with Crippen LogP contribution in [-0.2, 0) is 20.1 Å². The van der Waals surface area contributed by atoms with E-state index in [-0.39, 0.29) is 0 Å². The van der Waals surface area contributed by atoms with Crippen LogP contribution in [0.25, 0.3) is 0 Å². The summed E-state index contributed by atoms with van der Waals surface area (Å²) >= 11 is 0. The fourth-order valence-electron chi connectivity index (χ4n) is 2.46. The van der Waals surface area contributed by atoms with Crippen molar-refractivity contribution in [2.75, 3.05) is 13.7 Å². The highest BCUT2D eigenvalue weighted by Gasteiger charge is 2.09. The van der Waals surface area contributed by atoms with Gasteiger partial charge in [0.1, 0.15) is 0 Å². The Hall–Kier alpha value is -2.57. The van der Waals surface area contributed by atoms with Gasteiger partial charge in [-0.1, -0.05) is 13.0 Å². The molecule has 2 rings (SSSR count). The Bertz CT molecular complexity index is 705. The lowest BCUT2D eigenvalue weighted by atomic mass is 10.2. The summed E-state index contributed by atoms with van der Waals surface area (Å²) in [5.41, 5.74) is 4.47. The van der Waals surface area contributed by atoms with Crippen molar-refractivity contribution in [1.29, 1.82) is 0 Å². The third kappa shape index (κ3) is 5.20. The van der Waals surface area contributed by atoms with E-state index in [0.29, 0.717) is 25.6 Å². The Kier molecular flexibility index (Phi) is 6.80. The summed E-state index contributed by atoms with van der Waals surface area (Å²) in [5, 5.41) is 11.1. The zero-order valence-electron chi connectivity index (χ0n) is 15.8. The molecule has 2 heterocycles. The standard InChI is InChI=1S/C18H28N6O/c1-6-9-25-17-8-7-15(10-20-17)11-21-18(19-4)22-12-16-13(2)23-24(5)14(16)3/h7-8,10H,6,9,11-12H2,1-5H3,(H2,19,21,22). The number of hydrogen-bond donors (Lipinski definition) is 2. The second-order valence-electron chi connectivity index (χ2n) is 5.91. The zero-order valence-corrected chi connectivity index (χ0v) is 15.8. The molecular formula is C18H28N6O. The molecule has 0 aromatic carbocycles. The van der Waals surface area contributed by atoms with Crippen molar-refractivity contribution >= 4 is 5.96 Å². The maximum atomic E-state index is 5.49. The van der Waals surface area contributed by atoms with E-state index in [1.54, 1.807) is 7.05 Å². The Balaban J connectivity index is 1.86. The first-order valence-electron chi connectivity index (χ1n) is 8.56. The summed E-state index contributed by atoms with van der Waals surface area (Å²) in [6, 6.07) is 3.90. The first-order chi connectivity index (χ1) is 12.0. The normalized spacial score (nSPS) is 11.5. The SMILES string of the molecule is CCCOc1ccc(CNC(=NC)NCc2c(C)nn(C)c2C)cn1. The lowest BCUT2D eigenvalue weighted by molar-refractivity contribution is 0.305. The van der Waals surface area contributed by atoms with Crippen molar-refractivity contribution in [3.8, 4) is 5.88 Å². The number of aliphatic imine (C=N–C) groups is 1. The summed E-state index contributed by atoms with van der Waals surface area (Å²) in [5.74, 6) is 1.41. The van der Waals surface area contributed by atoms with Gasteiger partial charge in [-0.05, 0) is 25.8 Å². The summed E-state index contributed by atoms with van der Waals surface area (Å²) < 4.78 is 7.39. The number of pyridine rings is 1. The summed E-state index contributed by atoms with van der Waals surface area (Å²) in [6.07, 6.45) is 2.80. The molecule has 0 saturated carbocycles. The number of hydrogen-bond acceptors (Lipinski definition) is 4. The van der Waals surface area contributed by atoms with Crippen LogP contribution >= 0.6 is 0 Å². The molecule has 0 amide bonds. The smallest absolute Gasteiger partial charge is 0.213 e. The molecule has 0 bridgehead atoms. The molecule has 2 N–H and O–H groups in total. The highest BCUT2D eigenvalue weighted by Crippen LogP contribution is 2.11. The van der Waals surface area contributed by atoms with Gasteiger partial charge < -0.3 is 15.4 Å². The van der Waals surface area contributed by atoms with Gasteiger partial charge in [0.05, 0.1) is 12.3 Å². The van der Waals surface area contributed by atoms with Crippen molar-refractivity contribution in [2.24, 2.45) is 12.0 Å². The van der Waals surface area contributed by atoms with Gasteiger partial charge in [0.15, 0.2) is 5.96 Å². The van der Waals surface area contributed by atoms with Gasteiger partial charge in [0.25, 0.3) is 0 Å². The van der Waals surface area contributed by atoms with Crippen molar-refractivity contribution in [3.63, 3.8) is 0 Å². The molecule has 0 atom stereocenters. The number of ether oxygens (including phenoxy) is 1. The van der Waals surface area contributed by atoms with E-state index in [9.17, 15) is 0 Å². The third-order valence-corrected chi connectivity index (χ3v) is 4.03. The predicted octanol–water partition coefficient (Wildman–Crippen LogP) is 2.09. The number of aromatic nitrogens is 3. The minimum absolute atomic E-state index is 0.645. The van der Waals surface area contributed by atoms with E-state index in [2.05, 4.69) is 39.6 Å². The second kappa shape index (κ2) is 9.05. The van der Waals surface area contributed by atoms with Crippen LogP contribution in [0, 0.1) is 13.8 Å². The molecule has 0 aliphatic carbocycles. The average Bonchev–Trinajstić information content (AvgIpc) is 2.86. The van der Waals surface area contributed by atoms with Crippen molar-refractivity contribution in [3.05, 3.63) is 40.8 Å². The Labute approximate surface area is 149 Å². The van der Waals surface area contributed by atoms with Gasteiger partial charge in [0.2, 0.25) is 5.88 Å². The molecule has 0 saturated heterocycles. The molecular weight excluding hydrogens is 316 g/mol. The van der Waals surface area contributed by atoms with Gasteiger partial charge in [-0.3, -0.25) is 9.67 Å². The van der Waals surface area contributed by atoms with Crippen LogP contribution in [-0.4, -0.2) is 34.4 Å². The van der Waals surface area contributed by atoms with Crippen LogP contribution in [0.2, 0.25) is 0 Å². The number of nitrogens with zero attached hydrogens (tertiary/aromatic N) is 4. The Morgan fingerprint density at radius 1 is 1.24 bits per heavy atom. The largest absolute Gasteiger partial charge is 0.478 e. The van der Waals surface area contributed by atoms with Crippen molar-refractivity contribution in [1.82, 2.24) is 25.4 Å². The molecule has 0 spiro atoms. The van der Waals surface area contributed by atoms with Crippen LogP contribution in [0.1, 0.15) is 35.9 Å². The number of nitrogens with one attached hydrogen (secondary N) is 2. The first-order valence-corrected chi connectivity index (χ1v) is 8.56. The van der Waals surface area contributed by atoms with Crippen LogP contribution in [0.5, 0.6) is 5.88 Å². The molecule has 7 nitrogen and oxygen atoms in total. The lowest BCUT2D eigenvalue weighted by Gasteiger charge is -2.12. The van der Waals surface area contributed by atoms with Crippen molar-refractivity contribution in [2.45, 2.75) is 40.3 Å². The molecule has 2 aromatic heterocycles.